The lowest BCUT2D eigenvalue weighted by molar-refractivity contribution is 0.660. The molecule has 0 amide bonds. The van der Waals surface area contributed by atoms with Crippen LogP contribution < -0.4 is 0 Å². The van der Waals surface area contributed by atoms with Gasteiger partial charge in [0.15, 0.2) is 0 Å². The number of pyridine rings is 1. The highest BCUT2D eigenvalue weighted by molar-refractivity contribution is 6.03. The second-order valence-corrected chi connectivity index (χ2v) is 15.2. The van der Waals surface area contributed by atoms with Crippen LogP contribution in [0.5, 0.6) is 0 Å². The second-order valence-electron chi connectivity index (χ2n) is 15.2. The number of benzene rings is 8. The molecule has 8 aromatic carbocycles. The van der Waals surface area contributed by atoms with Crippen LogP contribution in [0.1, 0.15) is 25.0 Å². The first-order chi connectivity index (χ1) is 27.0. The van der Waals surface area contributed by atoms with Gasteiger partial charge in [0.1, 0.15) is 0 Å². The van der Waals surface area contributed by atoms with Gasteiger partial charge in [-0.15, -0.1) is 0 Å². The summed E-state index contributed by atoms with van der Waals surface area (Å²) in [6.07, 6.45) is 0. The van der Waals surface area contributed by atoms with E-state index < -0.39 is 0 Å². The van der Waals surface area contributed by atoms with Crippen LogP contribution in [0, 0.1) is 0 Å². The number of nitrogens with zero attached hydrogens (tertiary/aromatic N) is 1. The number of aromatic nitrogens is 1. The zero-order chi connectivity index (χ0) is 36.9. The fraction of sp³-hybridized carbons (Fsp3) is 0.0556. The first-order valence-corrected chi connectivity index (χ1v) is 19.1. The molecule has 0 bridgehead atoms. The SMILES string of the molecule is CC1(C)c2ccccc2-c2cc(-c3cccc4ccccc34)c(-c3cccc(-c4cccc(-c5cc(-c6ccccc6)cc(-c6ccccc6)n5)c4)c3)cc21. The van der Waals surface area contributed by atoms with Crippen LogP contribution in [-0.2, 0) is 5.41 Å². The third-order valence-corrected chi connectivity index (χ3v) is 11.5. The zero-order valence-electron chi connectivity index (χ0n) is 31.0. The monoisotopic (exact) mass is 701 g/mol. The molecule has 0 unspecified atom stereocenters. The molecule has 0 saturated heterocycles. The molecule has 0 aliphatic heterocycles. The lowest BCUT2D eigenvalue weighted by Gasteiger charge is -2.23. The molecule has 1 aliphatic carbocycles. The third kappa shape index (κ3) is 5.77. The molecule has 0 N–H and O–H groups in total. The Morgan fingerprint density at radius 2 is 0.855 bits per heavy atom. The summed E-state index contributed by atoms with van der Waals surface area (Å²) in [6.45, 7) is 4.73. The molecule has 1 aliphatic rings. The average Bonchev–Trinajstić information content (AvgIpc) is 3.48. The molecule has 1 heterocycles. The smallest absolute Gasteiger partial charge is 0.0715 e. The van der Waals surface area contributed by atoms with Crippen molar-refractivity contribution in [1.82, 2.24) is 4.98 Å². The fourth-order valence-corrected chi connectivity index (χ4v) is 8.63. The van der Waals surface area contributed by atoms with Gasteiger partial charge in [-0.2, -0.15) is 0 Å². The highest BCUT2D eigenvalue weighted by atomic mass is 14.7. The summed E-state index contributed by atoms with van der Waals surface area (Å²) in [5.41, 5.74) is 19.1. The topological polar surface area (TPSA) is 12.9 Å². The summed E-state index contributed by atoms with van der Waals surface area (Å²) in [5.74, 6) is 0. The van der Waals surface area contributed by atoms with Crippen molar-refractivity contribution in [3.8, 4) is 78.1 Å². The van der Waals surface area contributed by atoms with Crippen molar-refractivity contribution in [2.45, 2.75) is 19.3 Å². The molecule has 0 atom stereocenters. The van der Waals surface area contributed by atoms with E-state index in [4.69, 9.17) is 4.98 Å². The van der Waals surface area contributed by atoms with E-state index in [0.29, 0.717) is 0 Å². The highest BCUT2D eigenvalue weighted by Gasteiger charge is 2.36. The largest absolute Gasteiger partial charge is 0.248 e. The summed E-state index contributed by atoms with van der Waals surface area (Å²) in [7, 11) is 0. The zero-order valence-corrected chi connectivity index (χ0v) is 31.0. The van der Waals surface area contributed by atoms with Crippen molar-refractivity contribution >= 4 is 10.8 Å². The standard InChI is InChI=1S/C54H39N/c1-54(2)50-29-12-11-27-46(50)49-34-48(45-28-15-21-37-18-9-10-26-44(37)45)47(35-51(49)54)41-24-13-22-39(30-41)40-23-14-25-42(31-40)53-33-43(36-16-5-3-6-17-36)32-52(55-53)38-19-7-4-8-20-38/h3-35H,1-2H3. The first kappa shape index (κ1) is 32.8. The Labute approximate surface area is 323 Å². The second kappa shape index (κ2) is 13.2. The van der Waals surface area contributed by atoms with Gasteiger partial charge in [-0.3, -0.25) is 0 Å². The van der Waals surface area contributed by atoms with Gasteiger partial charge in [0.25, 0.3) is 0 Å². The van der Waals surface area contributed by atoms with Crippen LogP contribution in [0.4, 0.5) is 0 Å². The number of fused-ring (bicyclic) bond motifs is 4. The lowest BCUT2D eigenvalue weighted by Crippen LogP contribution is -2.15. The predicted octanol–water partition coefficient (Wildman–Crippen LogP) is 14.5. The molecule has 9 aromatic rings. The van der Waals surface area contributed by atoms with Crippen LogP contribution in [0.25, 0.3) is 88.9 Å². The van der Waals surface area contributed by atoms with E-state index in [9.17, 15) is 0 Å². The van der Waals surface area contributed by atoms with Gasteiger partial charge in [-0.25, -0.2) is 4.98 Å². The maximum absolute atomic E-state index is 5.23. The van der Waals surface area contributed by atoms with E-state index in [-0.39, 0.29) is 5.41 Å². The third-order valence-electron chi connectivity index (χ3n) is 11.5. The highest BCUT2D eigenvalue weighted by Crippen LogP contribution is 2.52. The summed E-state index contributed by atoms with van der Waals surface area (Å²) in [4.78, 5) is 5.23. The van der Waals surface area contributed by atoms with E-state index in [0.717, 1.165) is 33.6 Å². The molecule has 1 heteroatoms. The van der Waals surface area contributed by atoms with E-state index in [1.165, 1.54) is 66.4 Å². The maximum atomic E-state index is 5.23. The molecule has 0 saturated carbocycles. The Hall–Kier alpha value is -6.83. The van der Waals surface area contributed by atoms with Crippen molar-refractivity contribution in [3.63, 3.8) is 0 Å². The van der Waals surface area contributed by atoms with Gasteiger partial charge in [-0.05, 0) is 114 Å². The van der Waals surface area contributed by atoms with Gasteiger partial charge in [-0.1, -0.05) is 178 Å². The molecule has 260 valence electrons. The van der Waals surface area contributed by atoms with E-state index in [2.05, 4.69) is 214 Å². The molecule has 1 aromatic heterocycles. The predicted molar refractivity (Wildman–Crippen MR) is 232 cm³/mol. The Balaban J connectivity index is 1.12. The van der Waals surface area contributed by atoms with Crippen molar-refractivity contribution in [3.05, 3.63) is 211 Å². The summed E-state index contributed by atoms with van der Waals surface area (Å²) < 4.78 is 0. The molecule has 1 nitrogen and oxygen atoms in total. The molecule has 10 rings (SSSR count). The number of rotatable bonds is 6. The van der Waals surface area contributed by atoms with Gasteiger partial charge in [0.05, 0.1) is 11.4 Å². The van der Waals surface area contributed by atoms with Gasteiger partial charge < -0.3 is 0 Å². The van der Waals surface area contributed by atoms with Crippen LogP contribution in [0.2, 0.25) is 0 Å². The van der Waals surface area contributed by atoms with Crippen LogP contribution >= 0.6 is 0 Å². The average molecular weight is 702 g/mol. The lowest BCUT2D eigenvalue weighted by atomic mass is 9.80. The minimum absolute atomic E-state index is 0.107. The van der Waals surface area contributed by atoms with Gasteiger partial charge >= 0.3 is 0 Å². The van der Waals surface area contributed by atoms with Gasteiger partial charge in [0.2, 0.25) is 0 Å². The summed E-state index contributed by atoms with van der Waals surface area (Å²) in [5, 5.41) is 2.51. The van der Waals surface area contributed by atoms with Crippen LogP contribution in [0.15, 0.2) is 200 Å². The molecular formula is C54H39N. The molecule has 0 radical (unpaired) electrons. The van der Waals surface area contributed by atoms with Crippen LogP contribution in [0.3, 0.4) is 0 Å². The maximum Gasteiger partial charge on any atom is 0.0715 e. The molecule has 55 heavy (non-hydrogen) atoms. The Morgan fingerprint density at radius 3 is 1.64 bits per heavy atom. The number of hydrogen-bond acceptors (Lipinski definition) is 1. The summed E-state index contributed by atoms with van der Waals surface area (Å²) in [6, 6.07) is 72.7. The van der Waals surface area contributed by atoms with E-state index >= 15 is 0 Å². The van der Waals surface area contributed by atoms with E-state index in [1.54, 1.807) is 0 Å². The minimum Gasteiger partial charge on any atom is -0.248 e. The summed E-state index contributed by atoms with van der Waals surface area (Å²) >= 11 is 0. The quantitative estimate of drug-likeness (QED) is 0.168. The number of hydrogen-bond donors (Lipinski definition) is 0. The Morgan fingerprint density at radius 1 is 0.309 bits per heavy atom. The minimum atomic E-state index is -0.107. The molecule has 0 spiro atoms. The van der Waals surface area contributed by atoms with Crippen molar-refractivity contribution in [1.29, 1.82) is 0 Å². The van der Waals surface area contributed by atoms with E-state index in [1.807, 2.05) is 0 Å². The van der Waals surface area contributed by atoms with Crippen molar-refractivity contribution < 1.29 is 0 Å². The molecule has 0 fully saturated rings. The van der Waals surface area contributed by atoms with Gasteiger partial charge in [0, 0.05) is 16.5 Å². The first-order valence-electron chi connectivity index (χ1n) is 19.1. The van der Waals surface area contributed by atoms with Crippen molar-refractivity contribution in [2.75, 3.05) is 0 Å². The Kier molecular flexibility index (Phi) is 7.89. The molecular weight excluding hydrogens is 663 g/mol. The van der Waals surface area contributed by atoms with Crippen molar-refractivity contribution in [2.24, 2.45) is 0 Å². The normalized spacial score (nSPS) is 12.7. The fourth-order valence-electron chi connectivity index (χ4n) is 8.63. The Bertz CT molecular complexity index is 2820. The van der Waals surface area contributed by atoms with Crippen LogP contribution in [-0.4, -0.2) is 4.98 Å².